The van der Waals surface area contributed by atoms with Gasteiger partial charge < -0.3 is 9.64 Å². The summed E-state index contributed by atoms with van der Waals surface area (Å²) in [7, 11) is 3.44. The van der Waals surface area contributed by atoms with E-state index < -0.39 is 5.97 Å². The highest BCUT2D eigenvalue weighted by molar-refractivity contribution is 8.22. The third-order valence-electron chi connectivity index (χ3n) is 1.25. The predicted molar refractivity (Wildman–Crippen MR) is 63.9 cm³/mol. The third kappa shape index (κ3) is 4.57. The lowest BCUT2D eigenvalue weighted by Crippen LogP contribution is -2.32. The van der Waals surface area contributed by atoms with Crippen molar-refractivity contribution in [1.29, 1.82) is 0 Å². The number of likely N-dealkylation sites (N-methyl/N-ethyl adjacent to an activating group) is 1. The van der Waals surface area contributed by atoms with Crippen molar-refractivity contribution in [2.75, 3.05) is 27.0 Å². The molecule has 80 valence electrons. The first-order valence-corrected chi connectivity index (χ1v) is 5.67. The summed E-state index contributed by atoms with van der Waals surface area (Å²) < 4.78 is 5.25. The normalized spacial score (nSPS) is 11.0. The molecule has 6 heteroatoms. The molecule has 0 aliphatic rings. The SMILES string of the molecule is CCOC(=O)/C(=N/C(=S)SC)N(C)C. The van der Waals surface area contributed by atoms with Gasteiger partial charge in [0.1, 0.15) is 0 Å². The number of amidine groups is 1. The fourth-order valence-corrected chi connectivity index (χ4v) is 0.920. The lowest BCUT2D eigenvalue weighted by atomic mass is 10.5. The van der Waals surface area contributed by atoms with Crippen LogP contribution in [-0.4, -0.2) is 48.0 Å². The standard InChI is InChI=1S/C8H14N2O2S2/c1-5-12-7(11)6(10(2)3)9-8(13)14-4/h5H2,1-4H3/b9-6-. The molecule has 4 nitrogen and oxygen atoms in total. The highest BCUT2D eigenvalue weighted by Crippen LogP contribution is 2.01. The Hall–Kier alpha value is -0.620. The van der Waals surface area contributed by atoms with Crippen molar-refractivity contribution in [1.82, 2.24) is 4.90 Å². The van der Waals surface area contributed by atoms with Gasteiger partial charge in [-0.15, -0.1) is 0 Å². The van der Waals surface area contributed by atoms with Crippen LogP contribution in [0, 0.1) is 0 Å². The largest absolute Gasteiger partial charge is 0.460 e. The van der Waals surface area contributed by atoms with Crippen molar-refractivity contribution in [2.24, 2.45) is 4.99 Å². The molecule has 0 amide bonds. The van der Waals surface area contributed by atoms with Gasteiger partial charge in [-0.05, 0) is 13.2 Å². The number of ether oxygens (including phenoxy) is 1. The van der Waals surface area contributed by atoms with Crippen molar-refractivity contribution in [2.45, 2.75) is 6.92 Å². The summed E-state index contributed by atoms with van der Waals surface area (Å²) in [4.78, 5) is 16.9. The predicted octanol–water partition coefficient (Wildman–Crippen LogP) is 1.16. The Morgan fingerprint density at radius 3 is 2.50 bits per heavy atom. The van der Waals surface area contributed by atoms with E-state index in [1.165, 1.54) is 11.8 Å². The smallest absolute Gasteiger partial charge is 0.374 e. The number of carbonyl (C=O) groups excluding carboxylic acids is 1. The quantitative estimate of drug-likeness (QED) is 0.295. The molecular formula is C8H14N2O2S2. The van der Waals surface area contributed by atoms with E-state index in [1.807, 2.05) is 6.26 Å². The summed E-state index contributed by atoms with van der Waals surface area (Å²) in [5, 5.41) is 0. The lowest BCUT2D eigenvalue weighted by Gasteiger charge is -2.13. The molecule has 0 aliphatic heterocycles. The van der Waals surface area contributed by atoms with Gasteiger partial charge in [0.2, 0.25) is 5.84 Å². The number of thiocarbonyl (C=S) groups is 1. The van der Waals surface area contributed by atoms with Crippen LogP contribution < -0.4 is 0 Å². The Bertz CT molecular complexity index is 252. The highest BCUT2D eigenvalue weighted by atomic mass is 32.2. The molecule has 0 spiro atoms. The van der Waals surface area contributed by atoms with E-state index in [2.05, 4.69) is 4.99 Å². The average molecular weight is 234 g/mol. The van der Waals surface area contributed by atoms with Crippen molar-refractivity contribution in [3.8, 4) is 0 Å². The van der Waals surface area contributed by atoms with E-state index in [1.54, 1.807) is 25.9 Å². The monoisotopic (exact) mass is 234 g/mol. The molecule has 0 N–H and O–H groups in total. The molecule has 0 saturated heterocycles. The summed E-state index contributed by atoms with van der Waals surface area (Å²) in [6.07, 6.45) is 1.81. The number of nitrogens with zero attached hydrogens (tertiary/aromatic N) is 2. The van der Waals surface area contributed by atoms with Gasteiger partial charge >= 0.3 is 5.97 Å². The minimum Gasteiger partial charge on any atom is -0.460 e. The van der Waals surface area contributed by atoms with Gasteiger partial charge in [-0.2, -0.15) is 0 Å². The molecule has 0 aromatic carbocycles. The second-order valence-electron chi connectivity index (χ2n) is 2.52. The molecule has 0 aliphatic carbocycles. The second kappa shape index (κ2) is 6.78. The molecule has 0 atom stereocenters. The molecular weight excluding hydrogens is 220 g/mol. The summed E-state index contributed by atoms with van der Waals surface area (Å²) >= 11 is 6.21. The maximum absolute atomic E-state index is 11.4. The summed E-state index contributed by atoms with van der Waals surface area (Å²) in [6, 6.07) is 0. The number of thioether (sulfide) groups is 1. The lowest BCUT2D eigenvalue weighted by molar-refractivity contribution is -0.135. The van der Waals surface area contributed by atoms with Crippen LogP contribution in [0.3, 0.4) is 0 Å². The number of rotatable bonds is 1. The Morgan fingerprint density at radius 2 is 2.14 bits per heavy atom. The van der Waals surface area contributed by atoms with E-state index in [0.717, 1.165) is 0 Å². The van der Waals surface area contributed by atoms with Crippen molar-refractivity contribution >= 4 is 40.1 Å². The van der Waals surface area contributed by atoms with E-state index in [-0.39, 0.29) is 5.84 Å². The Morgan fingerprint density at radius 1 is 1.57 bits per heavy atom. The molecule has 0 unspecified atom stereocenters. The molecule has 0 fully saturated rings. The van der Waals surface area contributed by atoms with Gasteiger partial charge in [-0.25, -0.2) is 9.79 Å². The van der Waals surface area contributed by atoms with Gasteiger partial charge in [-0.3, -0.25) is 0 Å². The number of aliphatic imine (C=N–C) groups is 1. The van der Waals surface area contributed by atoms with E-state index in [4.69, 9.17) is 17.0 Å². The van der Waals surface area contributed by atoms with Crippen LogP contribution in [0.5, 0.6) is 0 Å². The van der Waals surface area contributed by atoms with E-state index in [9.17, 15) is 4.79 Å². The molecule has 14 heavy (non-hydrogen) atoms. The van der Waals surface area contributed by atoms with Gasteiger partial charge in [0.15, 0.2) is 4.32 Å². The fraction of sp³-hybridized carbons (Fsp3) is 0.625. The Labute approximate surface area is 93.7 Å². The summed E-state index contributed by atoms with van der Waals surface area (Å²) in [5.74, 6) is -0.222. The van der Waals surface area contributed by atoms with Crippen molar-refractivity contribution < 1.29 is 9.53 Å². The van der Waals surface area contributed by atoms with Gasteiger partial charge in [0.05, 0.1) is 6.61 Å². The third-order valence-corrected chi connectivity index (χ3v) is 2.29. The van der Waals surface area contributed by atoms with Crippen LogP contribution in [0.4, 0.5) is 0 Å². The minimum absolute atomic E-state index is 0.228. The topological polar surface area (TPSA) is 41.9 Å². The summed E-state index contributed by atoms with van der Waals surface area (Å²) in [5.41, 5.74) is 0. The zero-order valence-electron chi connectivity index (χ0n) is 8.73. The number of carbonyl (C=O) groups is 1. The van der Waals surface area contributed by atoms with Gasteiger partial charge in [-0.1, -0.05) is 24.0 Å². The Kier molecular flexibility index (Phi) is 6.48. The highest BCUT2D eigenvalue weighted by Gasteiger charge is 2.15. The molecule has 0 aromatic rings. The number of hydrogen-bond acceptors (Lipinski definition) is 4. The molecule has 0 saturated carbocycles. The zero-order valence-corrected chi connectivity index (χ0v) is 10.4. The van der Waals surface area contributed by atoms with Crippen LogP contribution in [0.15, 0.2) is 4.99 Å². The minimum atomic E-state index is -0.450. The van der Waals surface area contributed by atoms with Crippen LogP contribution >= 0.6 is 24.0 Å². The number of esters is 1. The van der Waals surface area contributed by atoms with Gasteiger partial charge in [0.25, 0.3) is 0 Å². The average Bonchev–Trinajstić information content (AvgIpc) is 2.13. The van der Waals surface area contributed by atoms with E-state index in [0.29, 0.717) is 10.9 Å². The van der Waals surface area contributed by atoms with Crippen LogP contribution in [0.1, 0.15) is 6.92 Å². The molecule has 0 radical (unpaired) electrons. The molecule has 0 aromatic heterocycles. The van der Waals surface area contributed by atoms with E-state index >= 15 is 0 Å². The molecule has 0 bridgehead atoms. The van der Waals surface area contributed by atoms with Crippen LogP contribution in [-0.2, 0) is 9.53 Å². The number of hydrogen-bond donors (Lipinski definition) is 0. The fourth-order valence-electron chi connectivity index (χ4n) is 0.656. The maximum atomic E-state index is 11.4. The Balaban J connectivity index is 4.67. The summed E-state index contributed by atoms with van der Waals surface area (Å²) in [6.45, 7) is 2.08. The first-order chi connectivity index (χ1) is 6.52. The van der Waals surface area contributed by atoms with Crippen molar-refractivity contribution in [3.05, 3.63) is 0 Å². The first kappa shape index (κ1) is 13.4. The maximum Gasteiger partial charge on any atom is 0.374 e. The van der Waals surface area contributed by atoms with Crippen LogP contribution in [0.25, 0.3) is 0 Å². The zero-order chi connectivity index (χ0) is 11.1. The molecule has 0 heterocycles. The van der Waals surface area contributed by atoms with Gasteiger partial charge in [0, 0.05) is 14.1 Å². The van der Waals surface area contributed by atoms with Crippen molar-refractivity contribution in [3.63, 3.8) is 0 Å². The first-order valence-electron chi connectivity index (χ1n) is 4.04. The second-order valence-corrected chi connectivity index (χ2v) is 3.96. The molecule has 0 rings (SSSR count). The van der Waals surface area contributed by atoms with Crippen LogP contribution in [0.2, 0.25) is 0 Å².